The second kappa shape index (κ2) is 8.98. The van der Waals surface area contributed by atoms with Crippen molar-refractivity contribution < 1.29 is 9.53 Å². The number of methoxy groups -OCH3 is 1. The van der Waals surface area contributed by atoms with Gasteiger partial charge in [-0.3, -0.25) is 4.79 Å². The Morgan fingerprint density at radius 3 is 2.70 bits per heavy atom. The van der Waals surface area contributed by atoms with Crippen molar-refractivity contribution in [1.29, 1.82) is 0 Å². The van der Waals surface area contributed by atoms with Gasteiger partial charge in [0, 0.05) is 12.0 Å². The molecule has 0 heterocycles. The van der Waals surface area contributed by atoms with E-state index < -0.39 is 0 Å². The van der Waals surface area contributed by atoms with E-state index in [1.807, 2.05) is 0 Å². The fourth-order valence-electron chi connectivity index (χ4n) is 2.39. The predicted octanol–water partition coefficient (Wildman–Crippen LogP) is 4.08. The zero-order valence-corrected chi connectivity index (χ0v) is 13.1. The molecule has 0 aromatic heterocycles. The molecule has 0 aliphatic heterocycles. The number of halogens is 1. The van der Waals surface area contributed by atoms with Gasteiger partial charge >= 0.3 is 0 Å². The van der Waals surface area contributed by atoms with E-state index in [0.717, 1.165) is 25.7 Å². The highest BCUT2D eigenvalue weighted by Gasteiger charge is 2.13. The molecule has 1 aromatic rings. The highest BCUT2D eigenvalue weighted by Crippen LogP contribution is 2.26. The summed E-state index contributed by atoms with van der Waals surface area (Å²) >= 11 is 5.96. The Labute approximate surface area is 126 Å². The Hall–Kier alpha value is -1.06. The van der Waals surface area contributed by atoms with E-state index in [1.54, 1.807) is 25.3 Å². The first-order valence-corrected chi connectivity index (χ1v) is 7.57. The molecule has 0 fully saturated rings. The number of carbonyl (C=O) groups is 1. The third-order valence-corrected chi connectivity index (χ3v) is 3.84. The zero-order chi connectivity index (χ0) is 15.0. The minimum Gasteiger partial charge on any atom is -0.495 e. The SMILES string of the molecule is CCCC(CCN)CCC(=O)c1ccc(Cl)c(OC)c1. The van der Waals surface area contributed by atoms with E-state index in [4.69, 9.17) is 22.1 Å². The molecular formula is C16H24ClNO2. The van der Waals surface area contributed by atoms with Crippen LogP contribution in [0.15, 0.2) is 18.2 Å². The van der Waals surface area contributed by atoms with Crippen molar-refractivity contribution in [3.63, 3.8) is 0 Å². The fourth-order valence-corrected chi connectivity index (χ4v) is 2.58. The van der Waals surface area contributed by atoms with Gasteiger partial charge in [-0.15, -0.1) is 0 Å². The molecule has 0 amide bonds. The van der Waals surface area contributed by atoms with Crippen LogP contribution < -0.4 is 10.5 Å². The van der Waals surface area contributed by atoms with Crippen LogP contribution >= 0.6 is 11.6 Å². The van der Waals surface area contributed by atoms with Crippen LogP contribution in [0.3, 0.4) is 0 Å². The lowest BCUT2D eigenvalue weighted by molar-refractivity contribution is 0.0972. The summed E-state index contributed by atoms with van der Waals surface area (Å²) in [5, 5.41) is 0.524. The van der Waals surface area contributed by atoms with Crippen LogP contribution in [0.5, 0.6) is 5.75 Å². The predicted molar refractivity (Wildman–Crippen MR) is 83.6 cm³/mol. The van der Waals surface area contributed by atoms with Crippen molar-refractivity contribution in [3.8, 4) is 5.75 Å². The van der Waals surface area contributed by atoms with Gasteiger partial charge in [0.2, 0.25) is 0 Å². The van der Waals surface area contributed by atoms with Gasteiger partial charge in [0.25, 0.3) is 0 Å². The average molecular weight is 298 g/mol. The normalized spacial score (nSPS) is 12.2. The number of Topliss-reactive ketones (excluding diaryl/α,β-unsaturated/α-hetero) is 1. The molecule has 1 aromatic carbocycles. The van der Waals surface area contributed by atoms with E-state index in [9.17, 15) is 4.79 Å². The van der Waals surface area contributed by atoms with E-state index in [-0.39, 0.29) is 5.78 Å². The second-order valence-electron chi connectivity index (χ2n) is 5.04. The van der Waals surface area contributed by atoms with Crippen LogP contribution in [0.2, 0.25) is 5.02 Å². The number of nitrogens with two attached hydrogens (primary N) is 1. The van der Waals surface area contributed by atoms with E-state index in [2.05, 4.69) is 6.92 Å². The molecule has 3 nitrogen and oxygen atoms in total. The van der Waals surface area contributed by atoms with Crippen molar-refractivity contribution in [2.24, 2.45) is 11.7 Å². The van der Waals surface area contributed by atoms with Crippen molar-refractivity contribution in [1.82, 2.24) is 0 Å². The fraction of sp³-hybridized carbons (Fsp3) is 0.562. The van der Waals surface area contributed by atoms with Crippen LogP contribution in [-0.4, -0.2) is 19.4 Å². The summed E-state index contributed by atoms with van der Waals surface area (Å²) in [5.74, 6) is 1.23. The number of benzene rings is 1. The summed E-state index contributed by atoms with van der Waals surface area (Å²) in [4.78, 5) is 12.2. The van der Waals surface area contributed by atoms with Gasteiger partial charge in [0.15, 0.2) is 5.78 Å². The summed E-state index contributed by atoms with van der Waals surface area (Å²) < 4.78 is 5.14. The van der Waals surface area contributed by atoms with Crippen molar-refractivity contribution in [2.75, 3.05) is 13.7 Å². The second-order valence-corrected chi connectivity index (χ2v) is 5.45. The van der Waals surface area contributed by atoms with Crippen LogP contribution in [0.4, 0.5) is 0 Å². The Kier molecular flexibility index (Phi) is 7.63. The topological polar surface area (TPSA) is 52.3 Å². The van der Waals surface area contributed by atoms with Gasteiger partial charge in [-0.2, -0.15) is 0 Å². The maximum atomic E-state index is 12.2. The van der Waals surface area contributed by atoms with E-state index in [1.165, 1.54) is 0 Å². The average Bonchev–Trinajstić information content (AvgIpc) is 2.45. The maximum absolute atomic E-state index is 12.2. The summed E-state index contributed by atoms with van der Waals surface area (Å²) in [7, 11) is 1.55. The lowest BCUT2D eigenvalue weighted by atomic mass is 9.92. The quantitative estimate of drug-likeness (QED) is 0.699. The highest BCUT2D eigenvalue weighted by molar-refractivity contribution is 6.32. The monoisotopic (exact) mass is 297 g/mol. The smallest absolute Gasteiger partial charge is 0.163 e. The van der Waals surface area contributed by atoms with Gasteiger partial charge in [-0.25, -0.2) is 0 Å². The molecule has 1 unspecified atom stereocenters. The number of rotatable bonds is 9. The molecule has 112 valence electrons. The molecule has 0 aliphatic rings. The number of carbonyl (C=O) groups excluding carboxylic acids is 1. The van der Waals surface area contributed by atoms with E-state index in [0.29, 0.717) is 35.2 Å². The standard InChI is InChI=1S/C16H24ClNO2/c1-3-4-12(9-10-18)5-8-15(19)13-6-7-14(17)16(11-13)20-2/h6-7,11-12H,3-5,8-10,18H2,1-2H3. The molecule has 20 heavy (non-hydrogen) atoms. The third kappa shape index (κ3) is 5.14. The van der Waals surface area contributed by atoms with Gasteiger partial charge in [-0.1, -0.05) is 31.4 Å². The lowest BCUT2D eigenvalue weighted by Crippen LogP contribution is -2.11. The van der Waals surface area contributed by atoms with Crippen molar-refractivity contribution in [2.45, 2.75) is 39.0 Å². The summed E-state index contributed by atoms with van der Waals surface area (Å²) in [6.45, 7) is 2.85. The Morgan fingerprint density at radius 1 is 1.35 bits per heavy atom. The molecule has 0 saturated carbocycles. The largest absolute Gasteiger partial charge is 0.495 e. The molecule has 1 atom stereocenters. The molecule has 0 saturated heterocycles. The van der Waals surface area contributed by atoms with Crippen molar-refractivity contribution >= 4 is 17.4 Å². The Morgan fingerprint density at radius 2 is 2.10 bits per heavy atom. The summed E-state index contributed by atoms with van der Waals surface area (Å²) in [5.41, 5.74) is 6.28. The number of hydrogen-bond acceptors (Lipinski definition) is 3. The van der Waals surface area contributed by atoms with Crippen LogP contribution in [0.1, 0.15) is 49.4 Å². The van der Waals surface area contributed by atoms with Gasteiger partial charge < -0.3 is 10.5 Å². The van der Waals surface area contributed by atoms with Crippen LogP contribution in [-0.2, 0) is 0 Å². The number of ketones is 1. The lowest BCUT2D eigenvalue weighted by Gasteiger charge is -2.14. The first kappa shape index (κ1) is 17.0. The highest BCUT2D eigenvalue weighted by atomic mass is 35.5. The Balaban J connectivity index is 2.61. The molecule has 1 rings (SSSR count). The van der Waals surface area contributed by atoms with Crippen LogP contribution in [0, 0.1) is 5.92 Å². The Bertz CT molecular complexity index is 428. The minimum absolute atomic E-state index is 0.137. The molecule has 2 N–H and O–H groups in total. The molecule has 0 spiro atoms. The first-order valence-electron chi connectivity index (χ1n) is 7.19. The molecule has 4 heteroatoms. The molecule has 0 radical (unpaired) electrons. The van der Waals surface area contributed by atoms with Crippen LogP contribution in [0.25, 0.3) is 0 Å². The molecular weight excluding hydrogens is 274 g/mol. The minimum atomic E-state index is 0.137. The molecule has 0 aliphatic carbocycles. The molecule has 0 bridgehead atoms. The van der Waals surface area contributed by atoms with Crippen molar-refractivity contribution in [3.05, 3.63) is 28.8 Å². The third-order valence-electron chi connectivity index (χ3n) is 3.52. The van der Waals surface area contributed by atoms with Gasteiger partial charge in [0.1, 0.15) is 5.75 Å². The zero-order valence-electron chi connectivity index (χ0n) is 12.3. The summed E-state index contributed by atoms with van der Waals surface area (Å²) in [6, 6.07) is 5.17. The first-order chi connectivity index (χ1) is 9.62. The van der Waals surface area contributed by atoms with E-state index >= 15 is 0 Å². The maximum Gasteiger partial charge on any atom is 0.163 e. The van der Waals surface area contributed by atoms with Gasteiger partial charge in [0.05, 0.1) is 12.1 Å². The number of hydrogen-bond donors (Lipinski definition) is 1. The summed E-state index contributed by atoms with van der Waals surface area (Å²) in [6.07, 6.45) is 4.71. The number of ether oxygens (including phenoxy) is 1. The van der Waals surface area contributed by atoms with Gasteiger partial charge in [-0.05, 0) is 43.5 Å².